The third kappa shape index (κ3) is 8.20. The van der Waals surface area contributed by atoms with Crippen molar-refractivity contribution in [3.63, 3.8) is 0 Å². The largest absolute Gasteiger partial charge is 0.454 e. The minimum Gasteiger partial charge on any atom is -0.454 e. The van der Waals surface area contributed by atoms with Crippen LogP contribution in [-0.4, -0.2) is 63.7 Å². The van der Waals surface area contributed by atoms with Gasteiger partial charge in [0, 0.05) is 40.5 Å². The van der Waals surface area contributed by atoms with E-state index >= 15 is 0 Å². The Morgan fingerprint density at radius 1 is 0.543 bits per heavy atom. The van der Waals surface area contributed by atoms with Gasteiger partial charge in [0.2, 0.25) is 0 Å². The molecule has 0 aromatic heterocycles. The first kappa shape index (κ1) is 33.5. The van der Waals surface area contributed by atoms with E-state index in [1.165, 1.54) is 0 Å². The number of fused-ring (bicyclic) bond motifs is 1. The van der Waals surface area contributed by atoms with Crippen LogP contribution in [0, 0.1) is 0 Å². The van der Waals surface area contributed by atoms with E-state index in [1.807, 2.05) is 24.3 Å². The molecule has 46 heavy (non-hydrogen) atoms. The van der Waals surface area contributed by atoms with E-state index in [9.17, 15) is 28.8 Å². The van der Waals surface area contributed by atoms with Crippen molar-refractivity contribution >= 4 is 62.4 Å². The van der Waals surface area contributed by atoms with Gasteiger partial charge in [-0.15, -0.1) is 0 Å². The molecule has 0 spiro atoms. The lowest BCUT2D eigenvalue weighted by atomic mass is 9.87. The van der Waals surface area contributed by atoms with Gasteiger partial charge >= 0.3 is 35.8 Å². The molecular weight excluding hydrogens is 598 g/mol. The zero-order valence-corrected chi connectivity index (χ0v) is 25.2. The molecule has 1 aliphatic rings. The summed E-state index contributed by atoms with van der Waals surface area (Å²) in [6.45, 7) is 4.50. The van der Waals surface area contributed by atoms with Crippen molar-refractivity contribution in [2.75, 3.05) is 0 Å². The van der Waals surface area contributed by atoms with Gasteiger partial charge in [-0.25, -0.2) is 9.59 Å². The molecule has 0 amide bonds. The molecule has 0 heterocycles. The highest BCUT2D eigenvalue weighted by Gasteiger charge is 2.35. The molecule has 0 fully saturated rings. The highest BCUT2D eigenvalue weighted by molar-refractivity contribution is 6.37. The molecule has 1 aliphatic carbocycles. The highest BCUT2D eigenvalue weighted by Crippen LogP contribution is 2.29. The third-order valence-electron chi connectivity index (χ3n) is 6.59. The van der Waals surface area contributed by atoms with Crippen molar-refractivity contribution in [1.29, 1.82) is 0 Å². The Kier molecular flexibility index (Phi) is 10.3. The van der Waals surface area contributed by atoms with Gasteiger partial charge < -0.3 is 28.4 Å². The molecule has 232 valence electrons. The number of benzene rings is 3. The van der Waals surface area contributed by atoms with Gasteiger partial charge in [0.15, 0.2) is 0 Å². The maximum absolute atomic E-state index is 13.5. The van der Waals surface area contributed by atoms with E-state index in [-0.39, 0.29) is 57.9 Å². The van der Waals surface area contributed by atoms with Crippen LogP contribution >= 0.6 is 0 Å². The summed E-state index contributed by atoms with van der Waals surface area (Å²) in [5.41, 5.74) is 0.971. The lowest BCUT2D eigenvalue weighted by molar-refractivity contribution is -0.133. The standard InChI is InChI=1S/C32H26B2O12/c1-15(35)41-25-11-21(12-26(29(25)33)42-16(2)36)31(39)45-23-9-19-7-5-6-8-20(19)10-24(23)46-32(40)22-13-27(43-17(3)37)30(34)28(14-22)44-18(4)38/h5-8,11-14,23-24H,9-10H2,1-4H3/t23-,24+. The number of carbonyl (C=O) groups excluding carboxylic acids is 6. The van der Waals surface area contributed by atoms with Crippen LogP contribution in [0.4, 0.5) is 0 Å². The van der Waals surface area contributed by atoms with E-state index in [0.29, 0.717) is 0 Å². The number of hydrogen-bond donors (Lipinski definition) is 0. The van der Waals surface area contributed by atoms with Gasteiger partial charge in [-0.3, -0.25) is 19.2 Å². The molecule has 4 radical (unpaired) electrons. The topological polar surface area (TPSA) is 158 Å². The van der Waals surface area contributed by atoms with Gasteiger partial charge in [-0.05, 0) is 46.3 Å². The van der Waals surface area contributed by atoms with E-state index < -0.39 is 48.0 Å². The monoisotopic (exact) mass is 624 g/mol. The van der Waals surface area contributed by atoms with Crippen LogP contribution < -0.4 is 29.9 Å². The van der Waals surface area contributed by atoms with Crippen molar-refractivity contribution in [1.82, 2.24) is 0 Å². The van der Waals surface area contributed by atoms with Crippen molar-refractivity contribution in [3.05, 3.63) is 70.8 Å². The molecule has 14 heteroatoms. The number of hydrogen-bond acceptors (Lipinski definition) is 12. The average Bonchev–Trinajstić information content (AvgIpc) is 2.96. The second-order valence-corrected chi connectivity index (χ2v) is 10.2. The lowest BCUT2D eigenvalue weighted by Crippen LogP contribution is -2.41. The van der Waals surface area contributed by atoms with E-state index in [4.69, 9.17) is 44.1 Å². The predicted molar refractivity (Wildman–Crippen MR) is 161 cm³/mol. The second kappa shape index (κ2) is 14.1. The van der Waals surface area contributed by atoms with Gasteiger partial charge in [0.25, 0.3) is 0 Å². The maximum Gasteiger partial charge on any atom is 0.338 e. The Bertz CT molecular complexity index is 1550. The van der Waals surface area contributed by atoms with Crippen molar-refractivity contribution < 1.29 is 57.2 Å². The Labute approximate surface area is 266 Å². The SMILES string of the molecule is [B]c1c(OC(C)=O)cc(C(=O)O[C@H]2Cc3ccccc3C[C@H]2OC(=O)c2cc(OC(C)=O)c([B])c(OC(C)=O)c2)cc1OC(C)=O. The first-order valence-electron chi connectivity index (χ1n) is 13.8. The summed E-state index contributed by atoms with van der Waals surface area (Å²) in [7, 11) is 12.0. The smallest absolute Gasteiger partial charge is 0.338 e. The van der Waals surface area contributed by atoms with E-state index in [0.717, 1.165) is 63.1 Å². The fraction of sp³-hybridized carbons (Fsp3) is 0.250. The fourth-order valence-corrected chi connectivity index (χ4v) is 4.69. The van der Waals surface area contributed by atoms with Crippen LogP contribution in [0.5, 0.6) is 23.0 Å². The first-order valence-corrected chi connectivity index (χ1v) is 13.8. The van der Waals surface area contributed by atoms with Gasteiger partial charge in [0.05, 0.1) is 11.1 Å². The number of ether oxygens (including phenoxy) is 6. The van der Waals surface area contributed by atoms with Gasteiger partial charge in [0.1, 0.15) is 50.9 Å². The zero-order valence-electron chi connectivity index (χ0n) is 25.2. The van der Waals surface area contributed by atoms with Crippen LogP contribution in [0.1, 0.15) is 59.5 Å². The third-order valence-corrected chi connectivity index (χ3v) is 6.59. The van der Waals surface area contributed by atoms with Gasteiger partial charge in [-0.2, -0.15) is 0 Å². The molecular formula is C32H26B2O12. The Morgan fingerprint density at radius 2 is 0.826 bits per heavy atom. The summed E-state index contributed by atoms with van der Waals surface area (Å²) in [5, 5.41) is 0. The fourth-order valence-electron chi connectivity index (χ4n) is 4.69. The second-order valence-electron chi connectivity index (χ2n) is 10.2. The number of carbonyl (C=O) groups is 6. The summed E-state index contributed by atoms with van der Waals surface area (Å²) < 4.78 is 32.0. The molecule has 4 rings (SSSR count). The Balaban J connectivity index is 1.67. The molecule has 12 nitrogen and oxygen atoms in total. The Morgan fingerprint density at radius 3 is 1.09 bits per heavy atom. The number of esters is 6. The van der Waals surface area contributed by atoms with E-state index in [2.05, 4.69) is 0 Å². The summed E-state index contributed by atoms with van der Waals surface area (Å²) >= 11 is 0. The minimum absolute atomic E-state index is 0.154. The van der Waals surface area contributed by atoms with Crippen LogP contribution in [0.3, 0.4) is 0 Å². The predicted octanol–water partition coefficient (Wildman–Crippen LogP) is 1.53. The average molecular weight is 624 g/mol. The van der Waals surface area contributed by atoms with Crippen molar-refractivity contribution in [3.8, 4) is 23.0 Å². The molecule has 0 aliphatic heterocycles. The molecule has 0 N–H and O–H groups in total. The normalized spacial score (nSPS) is 15.0. The number of rotatable bonds is 8. The molecule has 0 saturated carbocycles. The summed E-state index contributed by atoms with van der Waals surface area (Å²) in [6, 6.07) is 11.9. The summed E-state index contributed by atoms with van der Waals surface area (Å²) in [5.74, 6) is -5.72. The maximum atomic E-state index is 13.5. The molecule has 3 aromatic rings. The van der Waals surface area contributed by atoms with E-state index in [1.54, 1.807) is 0 Å². The first-order chi connectivity index (χ1) is 21.7. The Hall–Kier alpha value is -5.39. The summed E-state index contributed by atoms with van der Waals surface area (Å²) in [6.07, 6.45) is -1.73. The molecule has 0 saturated heterocycles. The molecule has 2 atom stereocenters. The molecule has 0 unspecified atom stereocenters. The molecule has 3 aromatic carbocycles. The van der Waals surface area contributed by atoms with Crippen LogP contribution in [0.2, 0.25) is 0 Å². The van der Waals surface area contributed by atoms with Crippen LogP contribution in [-0.2, 0) is 41.5 Å². The van der Waals surface area contributed by atoms with Crippen LogP contribution in [0.25, 0.3) is 0 Å². The van der Waals surface area contributed by atoms with Gasteiger partial charge in [-0.1, -0.05) is 24.3 Å². The quantitative estimate of drug-likeness (QED) is 0.203. The summed E-state index contributed by atoms with van der Waals surface area (Å²) in [4.78, 5) is 73.4. The van der Waals surface area contributed by atoms with Crippen LogP contribution in [0.15, 0.2) is 48.5 Å². The lowest BCUT2D eigenvalue weighted by Gasteiger charge is -2.32. The van der Waals surface area contributed by atoms with Crippen molar-refractivity contribution in [2.24, 2.45) is 0 Å². The minimum atomic E-state index is -1.02. The molecule has 0 bridgehead atoms. The highest BCUT2D eigenvalue weighted by atomic mass is 16.6. The van der Waals surface area contributed by atoms with Crippen molar-refractivity contribution in [2.45, 2.75) is 52.7 Å². The zero-order chi connectivity index (χ0) is 33.7.